The van der Waals surface area contributed by atoms with E-state index in [4.69, 9.17) is 4.74 Å². The standard InChI is InChI=1S/C12H23N3O3S/c1-5-18-8-6-7-13-19(16,17)12-9-15(10(2)3)14-11(12)4/h9-10,13H,5-8H2,1-4H3. The smallest absolute Gasteiger partial charge is 0.243 e. The Balaban J connectivity index is 2.67. The van der Waals surface area contributed by atoms with Gasteiger partial charge in [-0.25, -0.2) is 13.1 Å². The molecular formula is C12H23N3O3S. The van der Waals surface area contributed by atoms with Crippen LogP contribution in [0.15, 0.2) is 11.1 Å². The summed E-state index contributed by atoms with van der Waals surface area (Å²) in [5.41, 5.74) is 0.519. The molecule has 1 N–H and O–H groups in total. The lowest BCUT2D eigenvalue weighted by Gasteiger charge is -2.06. The molecule has 1 aromatic rings. The van der Waals surface area contributed by atoms with Gasteiger partial charge in [0.1, 0.15) is 4.90 Å². The average Bonchev–Trinajstić information content (AvgIpc) is 2.72. The normalized spacial score (nSPS) is 12.3. The van der Waals surface area contributed by atoms with Gasteiger partial charge < -0.3 is 4.74 Å². The van der Waals surface area contributed by atoms with E-state index in [1.807, 2.05) is 20.8 Å². The molecular weight excluding hydrogens is 266 g/mol. The summed E-state index contributed by atoms with van der Waals surface area (Å²) in [5.74, 6) is 0. The minimum absolute atomic E-state index is 0.139. The number of aromatic nitrogens is 2. The number of ether oxygens (including phenoxy) is 1. The van der Waals surface area contributed by atoms with E-state index < -0.39 is 10.0 Å². The Hall–Kier alpha value is -0.920. The zero-order valence-electron chi connectivity index (χ0n) is 12.0. The van der Waals surface area contributed by atoms with Gasteiger partial charge in [-0.1, -0.05) is 0 Å². The first-order valence-corrected chi connectivity index (χ1v) is 8.00. The first-order chi connectivity index (χ1) is 8.88. The zero-order valence-corrected chi connectivity index (χ0v) is 12.8. The van der Waals surface area contributed by atoms with Crippen LogP contribution in [0.5, 0.6) is 0 Å². The third kappa shape index (κ3) is 4.59. The third-order valence-corrected chi connectivity index (χ3v) is 4.22. The van der Waals surface area contributed by atoms with Crippen LogP contribution in [0.25, 0.3) is 0 Å². The Kier molecular flexibility index (Phi) is 5.96. The van der Waals surface area contributed by atoms with E-state index in [2.05, 4.69) is 9.82 Å². The summed E-state index contributed by atoms with van der Waals surface area (Å²) in [5, 5.41) is 4.21. The predicted octanol–water partition coefficient (Wildman–Crippen LogP) is 1.48. The SMILES string of the molecule is CCOCCCNS(=O)(=O)c1cn(C(C)C)nc1C. The van der Waals surface area contributed by atoms with E-state index in [1.54, 1.807) is 17.8 Å². The van der Waals surface area contributed by atoms with Crippen LogP contribution < -0.4 is 4.72 Å². The molecule has 0 unspecified atom stereocenters. The van der Waals surface area contributed by atoms with Crippen LogP contribution >= 0.6 is 0 Å². The lowest BCUT2D eigenvalue weighted by Crippen LogP contribution is -2.25. The molecule has 0 bridgehead atoms. The van der Waals surface area contributed by atoms with E-state index in [0.717, 1.165) is 0 Å². The molecule has 0 fully saturated rings. The van der Waals surface area contributed by atoms with Crippen LogP contribution in [-0.4, -0.2) is 38.0 Å². The van der Waals surface area contributed by atoms with Gasteiger partial charge in [-0.15, -0.1) is 0 Å². The summed E-state index contributed by atoms with van der Waals surface area (Å²) in [6.07, 6.45) is 2.23. The van der Waals surface area contributed by atoms with Gasteiger partial charge >= 0.3 is 0 Å². The fourth-order valence-electron chi connectivity index (χ4n) is 1.60. The van der Waals surface area contributed by atoms with Crippen molar-refractivity contribution in [2.45, 2.75) is 45.1 Å². The Morgan fingerprint density at radius 2 is 2.16 bits per heavy atom. The Labute approximate surface area is 115 Å². The van der Waals surface area contributed by atoms with Gasteiger partial charge in [-0.05, 0) is 34.1 Å². The number of sulfonamides is 1. The van der Waals surface area contributed by atoms with Crippen molar-refractivity contribution in [1.82, 2.24) is 14.5 Å². The molecule has 1 rings (SSSR count). The van der Waals surface area contributed by atoms with Gasteiger partial charge in [-0.2, -0.15) is 5.10 Å². The lowest BCUT2D eigenvalue weighted by atomic mass is 10.4. The summed E-state index contributed by atoms with van der Waals surface area (Å²) in [4.78, 5) is 0.248. The summed E-state index contributed by atoms with van der Waals surface area (Å²) in [7, 11) is -3.48. The Bertz CT molecular complexity index is 494. The average molecular weight is 289 g/mol. The van der Waals surface area contributed by atoms with Crippen molar-refractivity contribution in [2.75, 3.05) is 19.8 Å². The molecule has 0 atom stereocenters. The second kappa shape index (κ2) is 7.02. The van der Waals surface area contributed by atoms with Crippen molar-refractivity contribution >= 4 is 10.0 Å². The number of nitrogens with one attached hydrogen (secondary N) is 1. The highest BCUT2D eigenvalue weighted by atomic mass is 32.2. The maximum Gasteiger partial charge on any atom is 0.243 e. The van der Waals surface area contributed by atoms with Crippen molar-refractivity contribution in [3.8, 4) is 0 Å². The molecule has 7 heteroatoms. The Morgan fingerprint density at radius 1 is 1.47 bits per heavy atom. The molecule has 0 aliphatic heterocycles. The molecule has 1 aromatic heterocycles. The quantitative estimate of drug-likeness (QED) is 0.736. The van der Waals surface area contributed by atoms with Gasteiger partial charge in [-0.3, -0.25) is 4.68 Å². The minimum Gasteiger partial charge on any atom is -0.382 e. The van der Waals surface area contributed by atoms with Crippen molar-refractivity contribution in [1.29, 1.82) is 0 Å². The maximum absolute atomic E-state index is 12.1. The van der Waals surface area contributed by atoms with E-state index in [-0.39, 0.29) is 10.9 Å². The van der Waals surface area contributed by atoms with Gasteiger partial charge in [0.15, 0.2) is 0 Å². The summed E-state index contributed by atoms with van der Waals surface area (Å²) in [6.45, 7) is 9.10. The fraction of sp³-hybridized carbons (Fsp3) is 0.750. The van der Waals surface area contributed by atoms with Crippen LogP contribution in [0.2, 0.25) is 0 Å². The van der Waals surface area contributed by atoms with Crippen molar-refractivity contribution in [3.05, 3.63) is 11.9 Å². The Morgan fingerprint density at radius 3 is 2.68 bits per heavy atom. The van der Waals surface area contributed by atoms with E-state index in [1.165, 1.54) is 0 Å². The zero-order chi connectivity index (χ0) is 14.5. The van der Waals surface area contributed by atoms with Gasteiger partial charge in [0, 0.05) is 32.0 Å². The molecule has 0 aliphatic carbocycles. The first kappa shape index (κ1) is 16.1. The van der Waals surface area contributed by atoms with Crippen LogP contribution in [0, 0.1) is 6.92 Å². The monoisotopic (exact) mass is 289 g/mol. The van der Waals surface area contributed by atoms with Gasteiger partial charge in [0.2, 0.25) is 10.0 Å². The summed E-state index contributed by atoms with van der Waals surface area (Å²) in [6, 6.07) is 0.139. The molecule has 0 radical (unpaired) electrons. The van der Waals surface area contributed by atoms with Crippen LogP contribution in [-0.2, 0) is 14.8 Å². The summed E-state index contributed by atoms with van der Waals surface area (Å²) >= 11 is 0. The lowest BCUT2D eigenvalue weighted by molar-refractivity contribution is 0.146. The predicted molar refractivity (Wildman–Crippen MR) is 73.6 cm³/mol. The topological polar surface area (TPSA) is 73.2 Å². The van der Waals surface area contributed by atoms with Gasteiger partial charge in [0.25, 0.3) is 0 Å². The molecule has 6 nitrogen and oxygen atoms in total. The van der Waals surface area contributed by atoms with E-state index in [0.29, 0.717) is 31.9 Å². The molecule has 0 spiro atoms. The number of hydrogen-bond acceptors (Lipinski definition) is 4. The van der Waals surface area contributed by atoms with E-state index in [9.17, 15) is 8.42 Å². The van der Waals surface area contributed by atoms with Crippen molar-refractivity contribution < 1.29 is 13.2 Å². The fourth-order valence-corrected chi connectivity index (χ4v) is 2.84. The second-order valence-corrected chi connectivity index (χ2v) is 6.34. The van der Waals surface area contributed by atoms with Crippen LogP contribution in [0.4, 0.5) is 0 Å². The molecule has 110 valence electrons. The molecule has 1 heterocycles. The molecule has 0 saturated heterocycles. The molecule has 0 aromatic carbocycles. The number of aryl methyl sites for hydroxylation is 1. The largest absolute Gasteiger partial charge is 0.382 e. The van der Waals surface area contributed by atoms with E-state index >= 15 is 0 Å². The highest BCUT2D eigenvalue weighted by Crippen LogP contribution is 2.15. The third-order valence-electron chi connectivity index (χ3n) is 2.65. The highest BCUT2D eigenvalue weighted by molar-refractivity contribution is 7.89. The number of rotatable bonds is 8. The van der Waals surface area contributed by atoms with Gasteiger partial charge in [0.05, 0.1) is 5.69 Å². The van der Waals surface area contributed by atoms with Crippen molar-refractivity contribution in [2.24, 2.45) is 0 Å². The summed E-state index contributed by atoms with van der Waals surface area (Å²) < 4.78 is 33.6. The molecule has 0 aliphatic rings. The highest BCUT2D eigenvalue weighted by Gasteiger charge is 2.20. The molecule has 0 amide bonds. The number of nitrogens with zero attached hydrogens (tertiary/aromatic N) is 2. The van der Waals surface area contributed by atoms with Crippen LogP contribution in [0.3, 0.4) is 0 Å². The van der Waals surface area contributed by atoms with Crippen molar-refractivity contribution in [3.63, 3.8) is 0 Å². The minimum atomic E-state index is -3.48. The maximum atomic E-state index is 12.1. The number of hydrogen-bond donors (Lipinski definition) is 1. The van der Waals surface area contributed by atoms with Crippen LogP contribution in [0.1, 0.15) is 38.9 Å². The second-order valence-electron chi connectivity index (χ2n) is 4.60. The molecule has 0 saturated carbocycles. The molecule has 19 heavy (non-hydrogen) atoms. The first-order valence-electron chi connectivity index (χ1n) is 6.51.